The van der Waals surface area contributed by atoms with Crippen molar-refractivity contribution in [1.29, 1.82) is 0 Å². The summed E-state index contributed by atoms with van der Waals surface area (Å²) in [7, 11) is 0. The molecule has 4 aromatic rings. The highest BCUT2D eigenvalue weighted by Crippen LogP contribution is 2.38. The molecule has 0 radical (unpaired) electrons. The number of carbonyl (C=O) groups excluding carboxylic acids is 2. The monoisotopic (exact) mass is 585 g/mol. The number of rotatable bonds is 9. The molecule has 0 aliphatic carbocycles. The van der Waals surface area contributed by atoms with Crippen LogP contribution in [0.2, 0.25) is 0 Å². The quantitative estimate of drug-likeness (QED) is 0.184. The van der Waals surface area contributed by atoms with E-state index in [4.69, 9.17) is 9.47 Å². The summed E-state index contributed by atoms with van der Waals surface area (Å²) in [5.41, 5.74) is 3.27. The molecule has 2 amide bonds. The summed E-state index contributed by atoms with van der Waals surface area (Å²) in [6, 6.07) is 28.1. The Morgan fingerprint density at radius 2 is 1.60 bits per heavy atom. The number of carbonyl (C=O) groups is 2. The number of allylic oxidation sites excluding steroid dienone is 1. The molecule has 1 fully saturated rings. The number of alkyl halides is 3. The molecule has 220 valence electrons. The summed E-state index contributed by atoms with van der Waals surface area (Å²) in [5, 5.41) is 0. The highest BCUT2D eigenvalue weighted by atomic mass is 19.4. The van der Waals surface area contributed by atoms with Gasteiger partial charge in [-0.1, -0.05) is 84.4 Å². The Kier molecular flexibility index (Phi) is 8.66. The molecule has 5 rings (SSSR count). The van der Waals surface area contributed by atoms with Crippen LogP contribution in [0.3, 0.4) is 0 Å². The van der Waals surface area contributed by atoms with Crippen molar-refractivity contribution in [3.8, 4) is 16.9 Å². The van der Waals surface area contributed by atoms with Crippen molar-refractivity contribution in [2.75, 3.05) is 6.61 Å². The zero-order chi connectivity index (χ0) is 30.6. The first-order chi connectivity index (χ1) is 20.6. The fraction of sp³-hybridized carbons (Fsp3) is 0.200. The number of nitrogens with zero attached hydrogens (tertiary/aromatic N) is 1. The van der Waals surface area contributed by atoms with E-state index < -0.39 is 35.7 Å². The van der Waals surface area contributed by atoms with Crippen molar-refractivity contribution in [2.24, 2.45) is 0 Å². The Morgan fingerprint density at radius 1 is 0.953 bits per heavy atom. The Hall–Kier alpha value is -4.85. The largest absolute Gasteiger partial charge is 0.489 e. The molecular weight excluding hydrogens is 555 g/mol. The van der Waals surface area contributed by atoms with Gasteiger partial charge in [0.05, 0.1) is 11.5 Å². The number of ether oxygens (including phenoxy) is 2. The number of hydrogen-bond acceptors (Lipinski definition) is 4. The SMILES string of the molecule is C=C(C)C[C@@H](C(=O)N1C(=O)OCC1c1ccccc1)c1cc(OCc2ccccc2)cc(-c2ccc(C(F)(F)F)cc2)c1. The van der Waals surface area contributed by atoms with Gasteiger partial charge < -0.3 is 9.47 Å². The van der Waals surface area contributed by atoms with E-state index in [9.17, 15) is 22.8 Å². The van der Waals surface area contributed by atoms with Crippen LogP contribution in [0.25, 0.3) is 11.1 Å². The Morgan fingerprint density at radius 3 is 2.23 bits per heavy atom. The van der Waals surface area contributed by atoms with Crippen LogP contribution in [0.15, 0.2) is 115 Å². The van der Waals surface area contributed by atoms with E-state index in [0.717, 1.165) is 28.2 Å². The van der Waals surface area contributed by atoms with Gasteiger partial charge in [0.15, 0.2) is 0 Å². The second-order valence-corrected chi connectivity index (χ2v) is 10.6. The first kappa shape index (κ1) is 29.6. The predicted octanol–water partition coefficient (Wildman–Crippen LogP) is 8.72. The number of cyclic esters (lactones) is 1. The fourth-order valence-electron chi connectivity index (χ4n) is 5.12. The fourth-order valence-corrected chi connectivity index (χ4v) is 5.12. The lowest BCUT2D eigenvalue weighted by atomic mass is 9.88. The van der Waals surface area contributed by atoms with E-state index in [0.29, 0.717) is 28.0 Å². The molecule has 0 aromatic heterocycles. The molecule has 1 unspecified atom stereocenters. The molecule has 0 spiro atoms. The highest BCUT2D eigenvalue weighted by Gasteiger charge is 2.42. The third kappa shape index (κ3) is 6.97. The molecule has 1 saturated heterocycles. The van der Waals surface area contributed by atoms with Crippen LogP contribution in [0.5, 0.6) is 5.75 Å². The van der Waals surface area contributed by atoms with Crippen molar-refractivity contribution >= 4 is 12.0 Å². The van der Waals surface area contributed by atoms with Crippen LogP contribution in [0.4, 0.5) is 18.0 Å². The summed E-state index contributed by atoms with van der Waals surface area (Å²) in [4.78, 5) is 28.2. The van der Waals surface area contributed by atoms with E-state index in [1.807, 2.05) is 60.7 Å². The van der Waals surface area contributed by atoms with Crippen LogP contribution < -0.4 is 4.74 Å². The zero-order valence-corrected chi connectivity index (χ0v) is 23.5. The number of amides is 2. The highest BCUT2D eigenvalue weighted by molar-refractivity contribution is 5.97. The summed E-state index contributed by atoms with van der Waals surface area (Å²) in [6.07, 6.45) is -4.97. The van der Waals surface area contributed by atoms with Gasteiger partial charge in [0.25, 0.3) is 0 Å². The van der Waals surface area contributed by atoms with E-state index in [-0.39, 0.29) is 19.6 Å². The van der Waals surface area contributed by atoms with Gasteiger partial charge in [-0.25, -0.2) is 9.69 Å². The number of benzene rings is 4. The third-order valence-corrected chi connectivity index (χ3v) is 7.27. The molecule has 2 atom stereocenters. The van der Waals surface area contributed by atoms with Gasteiger partial charge in [-0.3, -0.25) is 4.79 Å². The first-order valence-electron chi connectivity index (χ1n) is 13.8. The minimum absolute atomic E-state index is 0.0331. The van der Waals surface area contributed by atoms with Crippen LogP contribution in [0, 0.1) is 0 Å². The van der Waals surface area contributed by atoms with Crippen LogP contribution in [-0.4, -0.2) is 23.5 Å². The zero-order valence-electron chi connectivity index (χ0n) is 23.5. The molecule has 0 N–H and O–H groups in total. The topological polar surface area (TPSA) is 55.8 Å². The number of imide groups is 1. The second kappa shape index (κ2) is 12.6. The number of hydrogen-bond donors (Lipinski definition) is 0. The van der Waals surface area contributed by atoms with E-state index >= 15 is 0 Å². The first-order valence-corrected chi connectivity index (χ1v) is 13.8. The van der Waals surface area contributed by atoms with Crippen molar-refractivity contribution in [2.45, 2.75) is 38.1 Å². The predicted molar refractivity (Wildman–Crippen MR) is 157 cm³/mol. The Balaban J connectivity index is 1.56. The molecule has 4 aromatic carbocycles. The molecule has 1 heterocycles. The van der Waals surface area contributed by atoms with Gasteiger partial charge >= 0.3 is 12.3 Å². The average Bonchev–Trinajstić information content (AvgIpc) is 3.40. The van der Waals surface area contributed by atoms with Crippen LogP contribution in [0.1, 0.15) is 47.6 Å². The van der Waals surface area contributed by atoms with Crippen molar-refractivity contribution in [1.82, 2.24) is 4.90 Å². The van der Waals surface area contributed by atoms with Crippen LogP contribution >= 0.6 is 0 Å². The summed E-state index contributed by atoms with van der Waals surface area (Å²) in [5.74, 6) is -0.861. The van der Waals surface area contributed by atoms with Gasteiger partial charge in [-0.2, -0.15) is 13.2 Å². The van der Waals surface area contributed by atoms with Crippen molar-refractivity contribution in [3.05, 3.63) is 138 Å². The molecule has 0 bridgehead atoms. The van der Waals surface area contributed by atoms with Gasteiger partial charge in [-0.05, 0) is 65.4 Å². The lowest BCUT2D eigenvalue weighted by Gasteiger charge is -2.26. The molecule has 43 heavy (non-hydrogen) atoms. The minimum atomic E-state index is -4.47. The third-order valence-electron chi connectivity index (χ3n) is 7.27. The average molecular weight is 586 g/mol. The second-order valence-electron chi connectivity index (χ2n) is 10.6. The molecule has 1 aliphatic rings. The van der Waals surface area contributed by atoms with Crippen molar-refractivity contribution < 1.29 is 32.2 Å². The number of halogens is 3. The summed E-state index contributed by atoms with van der Waals surface area (Å²) >= 11 is 0. The van der Waals surface area contributed by atoms with Gasteiger partial charge in [0.2, 0.25) is 5.91 Å². The Bertz CT molecular complexity index is 1600. The summed E-state index contributed by atoms with van der Waals surface area (Å²) < 4.78 is 51.2. The molecule has 5 nitrogen and oxygen atoms in total. The molecular formula is C35H30F3NO4. The van der Waals surface area contributed by atoms with E-state index in [2.05, 4.69) is 6.58 Å². The normalized spacial score (nSPS) is 15.6. The lowest BCUT2D eigenvalue weighted by Crippen LogP contribution is -2.38. The Labute approximate surface area is 248 Å². The maximum absolute atomic E-state index is 14.2. The van der Waals surface area contributed by atoms with Crippen molar-refractivity contribution in [3.63, 3.8) is 0 Å². The minimum Gasteiger partial charge on any atom is -0.489 e. The smallest absolute Gasteiger partial charge is 0.417 e. The summed E-state index contributed by atoms with van der Waals surface area (Å²) in [6.45, 7) is 6.08. The van der Waals surface area contributed by atoms with Gasteiger partial charge in [-0.15, -0.1) is 6.58 Å². The van der Waals surface area contributed by atoms with Crippen LogP contribution in [-0.2, 0) is 22.3 Å². The molecule has 1 aliphatic heterocycles. The standard InChI is InChI=1S/C35H30F3NO4/c1-23(2)17-31(33(40)39-32(22-43-34(39)41)26-11-7-4-8-12-26)28-18-27(25-13-15-29(16-14-25)35(36,37)38)19-30(20-28)42-21-24-9-5-3-6-10-24/h3-16,18-20,31-32H,1,17,21-22H2,2H3/t31-,32?/m1/s1. The van der Waals surface area contributed by atoms with E-state index in [1.165, 1.54) is 12.1 Å². The maximum Gasteiger partial charge on any atom is 0.417 e. The van der Waals surface area contributed by atoms with Gasteiger partial charge in [0.1, 0.15) is 25.0 Å². The molecule has 0 saturated carbocycles. The van der Waals surface area contributed by atoms with Gasteiger partial charge in [0, 0.05) is 0 Å². The molecule has 8 heteroatoms. The maximum atomic E-state index is 14.2. The van der Waals surface area contributed by atoms with E-state index in [1.54, 1.807) is 25.1 Å². The lowest BCUT2D eigenvalue weighted by molar-refractivity contribution is -0.137.